The Kier molecular flexibility index (Phi) is 3.73. The van der Waals surface area contributed by atoms with E-state index in [2.05, 4.69) is 4.98 Å². The summed E-state index contributed by atoms with van der Waals surface area (Å²) in [4.78, 5) is 15.0. The van der Waals surface area contributed by atoms with Gasteiger partial charge >= 0.3 is 5.69 Å². The standard InChI is InChI=1S/C12H14FN3O5/c1-3-12(20)8(18)7(5(2)17)21-10(12)16-4-6(13)9(14)15-11(16)19/h1,4-5,7-8,10,17-18,20H,2H3,(H2,14,15,19)/t5-,7+,8?,10+,12?/m0/s1. The van der Waals surface area contributed by atoms with Crippen LogP contribution in [0.15, 0.2) is 11.0 Å². The van der Waals surface area contributed by atoms with Crippen molar-refractivity contribution >= 4 is 5.82 Å². The third-order valence-electron chi connectivity index (χ3n) is 3.32. The van der Waals surface area contributed by atoms with Crippen molar-refractivity contribution in [1.29, 1.82) is 0 Å². The van der Waals surface area contributed by atoms with Crippen LogP contribution in [-0.2, 0) is 4.74 Å². The molecule has 0 radical (unpaired) electrons. The minimum absolute atomic E-state index is 0.581. The topological polar surface area (TPSA) is 131 Å². The van der Waals surface area contributed by atoms with Crippen LogP contribution in [-0.4, -0.2) is 48.8 Å². The summed E-state index contributed by atoms with van der Waals surface area (Å²) in [5.74, 6) is 0.273. The molecule has 1 aromatic rings. The number of aliphatic hydroxyl groups is 3. The quantitative estimate of drug-likeness (QED) is 0.463. The summed E-state index contributed by atoms with van der Waals surface area (Å²) in [7, 11) is 0. The molecule has 0 bridgehead atoms. The van der Waals surface area contributed by atoms with Crippen LogP contribution in [0.4, 0.5) is 10.2 Å². The number of halogens is 1. The Labute approximate surface area is 118 Å². The van der Waals surface area contributed by atoms with Crippen molar-refractivity contribution in [1.82, 2.24) is 9.55 Å². The molecule has 5 atom stereocenters. The van der Waals surface area contributed by atoms with E-state index in [1.807, 2.05) is 5.92 Å². The monoisotopic (exact) mass is 299 g/mol. The van der Waals surface area contributed by atoms with Crippen LogP contribution in [0, 0.1) is 18.2 Å². The molecule has 5 N–H and O–H groups in total. The third-order valence-corrected chi connectivity index (χ3v) is 3.32. The second-order valence-corrected chi connectivity index (χ2v) is 4.77. The van der Waals surface area contributed by atoms with E-state index >= 15 is 0 Å². The molecule has 0 spiro atoms. The molecular formula is C12H14FN3O5. The second kappa shape index (κ2) is 5.09. The number of rotatable bonds is 2. The summed E-state index contributed by atoms with van der Waals surface area (Å²) in [6, 6.07) is 0. The summed E-state index contributed by atoms with van der Waals surface area (Å²) < 4.78 is 19.3. The number of aromatic nitrogens is 2. The molecule has 21 heavy (non-hydrogen) atoms. The molecule has 1 aliphatic rings. The largest absolute Gasteiger partial charge is 0.391 e. The summed E-state index contributed by atoms with van der Waals surface area (Å²) in [6.45, 7) is 1.30. The molecule has 8 nitrogen and oxygen atoms in total. The summed E-state index contributed by atoms with van der Waals surface area (Å²) in [5.41, 5.74) is 1.80. The molecule has 0 saturated carbocycles. The number of nitrogens with two attached hydrogens (primary N) is 1. The lowest BCUT2D eigenvalue weighted by Gasteiger charge is -2.26. The van der Waals surface area contributed by atoms with Crippen molar-refractivity contribution < 1.29 is 24.4 Å². The normalized spacial score (nSPS) is 33.6. The molecule has 0 aliphatic carbocycles. The third kappa shape index (κ3) is 2.28. The molecule has 114 valence electrons. The highest BCUT2D eigenvalue weighted by Gasteiger charge is 2.57. The average molecular weight is 299 g/mol. The first-order valence-corrected chi connectivity index (χ1v) is 5.98. The maximum atomic E-state index is 13.5. The number of nitrogen functional groups attached to an aromatic ring is 1. The molecule has 0 amide bonds. The van der Waals surface area contributed by atoms with E-state index in [9.17, 15) is 24.5 Å². The van der Waals surface area contributed by atoms with Crippen LogP contribution in [0.3, 0.4) is 0 Å². The molecule has 2 heterocycles. The molecule has 2 rings (SSSR count). The van der Waals surface area contributed by atoms with Gasteiger partial charge in [0.25, 0.3) is 0 Å². The van der Waals surface area contributed by atoms with E-state index in [0.717, 1.165) is 0 Å². The van der Waals surface area contributed by atoms with Gasteiger partial charge in [-0.3, -0.25) is 4.57 Å². The summed E-state index contributed by atoms with van der Waals surface area (Å²) in [6.07, 6.45) is 0.105. The van der Waals surface area contributed by atoms with E-state index in [-0.39, 0.29) is 0 Å². The predicted molar refractivity (Wildman–Crippen MR) is 68.2 cm³/mol. The van der Waals surface area contributed by atoms with Crippen molar-refractivity contribution in [3.63, 3.8) is 0 Å². The highest BCUT2D eigenvalue weighted by Crippen LogP contribution is 2.38. The smallest absolute Gasteiger partial charge is 0.351 e. The zero-order valence-corrected chi connectivity index (χ0v) is 11.0. The lowest BCUT2D eigenvalue weighted by atomic mass is 9.93. The van der Waals surface area contributed by atoms with Crippen molar-refractivity contribution in [3.05, 3.63) is 22.5 Å². The van der Waals surface area contributed by atoms with E-state index in [1.165, 1.54) is 6.92 Å². The Bertz CT molecular complexity index is 655. The molecule has 2 unspecified atom stereocenters. The van der Waals surface area contributed by atoms with Crippen LogP contribution >= 0.6 is 0 Å². The van der Waals surface area contributed by atoms with Gasteiger partial charge in [-0.25, -0.2) is 9.18 Å². The number of ether oxygens (including phenoxy) is 1. The van der Waals surface area contributed by atoms with E-state index < -0.39 is 47.5 Å². The molecule has 9 heteroatoms. The molecule has 1 aliphatic heterocycles. The van der Waals surface area contributed by atoms with Crippen molar-refractivity contribution in [2.45, 2.75) is 37.1 Å². The van der Waals surface area contributed by atoms with Crippen LogP contribution in [0.1, 0.15) is 13.2 Å². The molecular weight excluding hydrogens is 285 g/mol. The van der Waals surface area contributed by atoms with Crippen LogP contribution < -0.4 is 11.4 Å². The Morgan fingerprint density at radius 1 is 1.71 bits per heavy atom. The fourth-order valence-electron chi connectivity index (χ4n) is 2.16. The van der Waals surface area contributed by atoms with E-state index in [4.69, 9.17) is 16.9 Å². The zero-order valence-electron chi connectivity index (χ0n) is 11.0. The van der Waals surface area contributed by atoms with Gasteiger partial charge in [-0.2, -0.15) is 4.98 Å². The molecule has 0 aromatic carbocycles. The maximum absolute atomic E-state index is 13.5. The van der Waals surface area contributed by atoms with Gasteiger partial charge in [0.15, 0.2) is 23.5 Å². The first kappa shape index (κ1) is 15.4. The maximum Gasteiger partial charge on any atom is 0.351 e. The predicted octanol–water partition coefficient (Wildman–Crippen LogP) is -2.03. The summed E-state index contributed by atoms with van der Waals surface area (Å²) >= 11 is 0. The minimum atomic E-state index is -2.34. The van der Waals surface area contributed by atoms with Gasteiger partial charge < -0.3 is 25.8 Å². The number of nitrogens with zero attached hydrogens (tertiary/aromatic N) is 2. The highest BCUT2D eigenvalue weighted by molar-refractivity contribution is 5.27. The average Bonchev–Trinajstić information content (AvgIpc) is 2.68. The first-order valence-electron chi connectivity index (χ1n) is 5.98. The number of terminal acetylenes is 1. The van der Waals surface area contributed by atoms with Gasteiger partial charge in [-0.15, -0.1) is 6.42 Å². The SMILES string of the molecule is C#CC1(O)C(O)[C@@H]([C@H](C)O)O[C@H]1n1cc(F)c(N)nc1=O. The van der Waals surface area contributed by atoms with Crippen LogP contribution in [0.2, 0.25) is 0 Å². The summed E-state index contributed by atoms with van der Waals surface area (Å²) in [5, 5.41) is 29.8. The van der Waals surface area contributed by atoms with Gasteiger partial charge in [-0.1, -0.05) is 5.92 Å². The van der Waals surface area contributed by atoms with Gasteiger partial charge in [-0.05, 0) is 6.92 Å². The highest BCUT2D eigenvalue weighted by atomic mass is 19.1. The fourth-order valence-corrected chi connectivity index (χ4v) is 2.16. The number of hydrogen-bond acceptors (Lipinski definition) is 7. The van der Waals surface area contributed by atoms with Crippen LogP contribution in [0.25, 0.3) is 0 Å². The fraction of sp³-hybridized carbons (Fsp3) is 0.500. The van der Waals surface area contributed by atoms with Gasteiger partial charge in [0, 0.05) is 0 Å². The Morgan fingerprint density at radius 2 is 2.33 bits per heavy atom. The van der Waals surface area contributed by atoms with Gasteiger partial charge in [0.2, 0.25) is 0 Å². The number of hydrogen-bond donors (Lipinski definition) is 4. The lowest BCUT2D eigenvalue weighted by Crippen LogP contribution is -2.48. The second-order valence-electron chi connectivity index (χ2n) is 4.77. The lowest BCUT2D eigenvalue weighted by molar-refractivity contribution is -0.0886. The molecule has 1 aromatic heterocycles. The van der Waals surface area contributed by atoms with Crippen molar-refractivity contribution in [2.75, 3.05) is 5.73 Å². The van der Waals surface area contributed by atoms with E-state index in [1.54, 1.807) is 0 Å². The number of anilines is 1. The number of aliphatic hydroxyl groups excluding tert-OH is 2. The molecule has 1 saturated heterocycles. The van der Waals surface area contributed by atoms with Crippen LogP contribution in [0.5, 0.6) is 0 Å². The van der Waals surface area contributed by atoms with Crippen molar-refractivity contribution in [3.8, 4) is 12.3 Å². The van der Waals surface area contributed by atoms with Gasteiger partial charge in [0.05, 0.1) is 12.3 Å². The minimum Gasteiger partial charge on any atom is -0.391 e. The Morgan fingerprint density at radius 3 is 2.86 bits per heavy atom. The molecule has 1 fully saturated rings. The van der Waals surface area contributed by atoms with Gasteiger partial charge in [0.1, 0.15) is 12.2 Å². The Hall–Kier alpha value is -1.99. The zero-order chi connectivity index (χ0) is 15.9. The Balaban J connectivity index is 2.56. The van der Waals surface area contributed by atoms with Crippen molar-refractivity contribution in [2.24, 2.45) is 0 Å². The first-order chi connectivity index (χ1) is 9.72. The van der Waals surface area contributed by atoms with E-state index in [0.29, 0.717) is 10.8 Å².